The number of rotatable bonds is 2. The van der Waals surface area contributed by atoms with E-state index in [-0.39, 0.29) is 11.7 Å². The molecule has 7 heteroatoms. The number of nitrogens with zero attached hydrogens (tertiary/aromatic N) is 1. The predicted octanol–water partition coefficient (Wildman–Crippen LogP) is 2.69. The van der Waals surface area contributed by atoms with Crippen molar-refractivity contribution >= 4 is 5.95 Å². The third-order valence-electron chi connectivity index (χ3n) is 2.41. The molecule has 96 valence electrons. The third-order valence-corrected chi connectivity index (χ3v) is 2.41. The fourth-order valence-corrected chi connectivity index (χ4v) is 1.58. The molecule has 0 aliphatic rings. The Kier molecular flexibility index (Phi) is 2.90. The van der Waals surface area contributed by atoms with E-state index < -0.39 is 11.7 Å². The lowest BCUT2D eigenvalue weighted by Gasteiger charge is -2.12. The van der Waals surface area contributed by atoms with Gasteiger partial charge in [0.15, 0.2) is 5.95 Å². The zero-order chi connectivity index (χ0) is 13.3. The number of imidazole rings is 1. The van der Waals surface area contributed by atoms with Gasteiger partial charge in [-0.2, -0.15) is 13.2 Å². The minimum absolute atomic E-state index is 0.148. The molecule has 18 heavy (non-hydrogen) atoms. The Morgan fingerprint density at radius 3 is 2.56 bits per heavy atom. The van der Waals surface area contributed by atoms with Gasteiger partial charge < -0.3 is 15.5 Å². The molecule has 0 atom stereocenters. The number of ether oxygens (including phenoxy) is 1. The maximum Gasteiger partial charge on any atom is 0.419 e. The van der Waals surface area contributed by atoms with E-state index in [1.165, 1.54) is 25.4 Å². The van der Waals surface area contributed by atoms with E-state index in [1.807, 2.05) is 0 Å². The van der Waals surface area contributed by atoms with Gasteiger partial charge >= 0.3 is 6.18 Å². The fourth-order valence-electron chi connectivity index (χ4n) is 1.58. The molecule has 0 amide bonds. The van der Waals surface area contributed by atoms with Crippen LogP contribution in [0.2, 0.25) is 0 Å². The summed E-state index contributed by atoms with van der Waals surface area (Å²) in [5.74, 6) is -0.0758. The van der Waals surface area contributed by atoms with Crippen molar-refractivity contribution in [2.24, 2.45) is 0 Å². The molecule has 0 fully saturated rings. The number of hydrogen-bond donors (Lipinski definition) is 2. The summed E-state index contributed by atoms with van der Waals surface area (Å²) >= 11 is 0. The van der Waals surface area contributed by atoms with Crippen molar-refractivity contribution in [1.29, 1.82) is 0 Å². The molecule has 0 aliphatic carbocycles. The van der Waals surface area contributed by atoms with Crippen LogP contribution in [0.1, 0.15) is 5.56 Å². The number of alkyl halides is 3. The smallest absolute Gasteiger partial charge is 0.419 e. The highest BCUT2D eigenvalue weighted by Gasteiger charge is 2.34. The minimum atomic E-state index is -4.48. The van der Waals surface area contributed by atoms with Gasteiger partial charge in [0.05, 0.1) is 24.6 Å². The molecule has 0 saturated carbocycles. The van der Waals surface area contributed by atoms with Crippen molar-refractivity contribution in [3.05, 3.63) is 30.0 Å². The van der Waals surface area contributed by atoms with E-state index in [4.69, 9.17) is 10.5 Å². The number of H-pyrrole nitrogens is 1. The number of halogens is 3. The lowest BCUT2D eigenvalue weighted by atomic mass is 10.1. The lowest BCUT2D eigenvalue weighted by molar-refractivity contribution is -0.138. The zero-order valence-corrected chi connectivity index (χ0v) is 9.38. The van der Waals surface area contributed by atoms with Gasteiger partial charge in [-0.3, -0.25) is 0 Å². The van der Waals surface area contributed by atoms with Gasteiger partial charge in [-0.25, -0.2) is 4.98 Å². The number of methoxy groups -OCH3 is 1. The number of benzene rings is 1. The highest BCUT2D eigenvalue weighted by Crippen LogP contribution is 2.38. The minimum Gasteiger partial charge on any atom is -0.496 e. The van der Waals surface area contributed by atoms with Crippen LogP contribution in [0.15, 0.2) is 24.4 Å². The van der Waals surface area contributed by atoms with Crippen LogP contribution in [0.5, 0.6) is 5.75 Å². The van der Waals surface area contributed by atoms with Crippen molar-refractivity contribution in [3.8, 4) is 17.0 Å². The van der Waals surface area contributed by atoms with Crippen molar-refractivity contribution in [2.75, 3.05) is 12.8 Å². The van der Waals surface area contributed by atoms with Crippen LogP contribution in [0, 0.1) is 0 Å². The molecule has 2 aromatic rings. The molecule has 0 radical (unpaired) electrons. The summed E-state index contributed by atoms with van der Waals surface area (Å²) in [6.45, 7) is 0. The van der Waals surface area contributed by atoms with Crippen molar-refractivity contribution in [1.82, 2.24) is 9.97 Å². The molecule has 0 bridgehead atoms. The number of aromatic nitrogens is 2. The number of aromatic amines is 1. The first-order valence-corrected chi connectivity index (χ1v) is 4.98. The second-order valence-corrected chi connectivity index (χ2v) is 3.59. The molecular formula is C11H10F3N3O. The van der Waals surface area contributed by atoms with E-state index >= 15 is 0 Å². The largest absolute Gasteiger partial charge is 0.496 e. The highest BCUT2D eigenvalue weighted by molar-refractivity contribution is 5.63. The summed E-state index contributed by atoms with van der Waals surface area (Å²) in [6, 6.07) is 3.75. The number of nitrogen functional groups attached to an aromatic ring is 1. The first-order chi connectivity index (χ1) is 8.41. The summed E-state index contributed by atoms with van der Waals surface area (Å²) in [6.07, 6.45) is -3.11. The Bertz CT molecular complexity index is 563. The number of nitrogens with one attached hydrogen (secondary N) is 1. The third kappa shape index (κ3) is 2.24. The van der Waals surface area contributed by atoms with E-state index in [2.05, 4.69) is 9.97 Å². The maximum absolute atomic E-state index is 12.8. The van der Waals surface area contributed by atoms with Gasteiger partial charge in [-0.05, 0) is 18.2 Å². The molecule has 0 unspecified atom stereocenters. The Balaban J connectivity index is 2.52. The molecule has 0 aliphatic heterocycles. The van der Waals surface area contributed by atoms with E-state index in [1.54, 1.807) is 0 Å². The Labute approximate surface area is 101 Å². The van der Waals surface area contributed by atoms with Crippen LogP contribution in [0.4, 0.5) is 19.1 Å². The van der Waals surface area contributed by atoms with Crippen LogP contribution in [0.25, 0.3) is 11.3 Å². The van der Waals surface area contributed by atoms with Crippen molar-refractivity contribution in [2.45, 2.75) is 6.18 Å². The molecule has 0 saturated heterocycles. The van der Waals surface area contributed by atoms with Crippen molar-refractivity contribution < 1.29 is 17.9 Å². The maximum atomic E-state index is 12.8. The summed E-state index contributed by atoms with van der Waals surface area (Å²) < 4.78 is 43.1. The quantitative estimate of drug-likeness (QED) is 0.869. The first kappa shape index (κ1) is 12.3. The Hall–Kier alpha value is -2.18. The molecule has 1 heterocycles. The predicted molar refractivity (Wildman–Crippen MR) is 60.0 cm³/mol. The van der Waals surface area contributed by atoms with Crippen LogP contribution < -0.4 is 10.5 Å². The molecule has 2 rings (SSSR count). The number of nitrogens with two attached hydrogens (primary N) is 1. The summed E-state index contributed by atoms with van der Waals surface area (Å²) in [4.78, 5) is 6.40. The van der Waals surface area contributed by atoms with Gasteiger partial charge in [0.1, 0.15) is 5.75 Å². The second-order valence-electron chi connectivity index (χ2n) is 3.59. The van der Waals surface area contributed by atoms with Gasteiger partial charge in [0, 0.05) is 5.56 Å². The average molecular weight is 257 g/mol. The summed E-state index contributed by atoms with van der Waals surface area (Å²) in [5, 5.41) is 0. The number of hydrogen-bond acceptors (Lipinski definition) is 3. The molecule has 4 nitrogen and oxygen atoms in total. The second kappa shape index (κ2) is 4.25. The summed E-state index contributed by atoms with van der Waals surface area (Å²) in [7, 11) is 1.19. The van der Waals surface area contributed by atoms with E-state index in [0.29, 0.717) is 11.3 Å². The Morgan fingerprint density at radius 2 is 2.06 bits per heavy atom. The highest BCUT2D eigenvalue weighted by atomic mass is 19.4. The molecule has 1 aromatic carbocycles. The van der Waals surface area contributed by atoms with Gasteiger partial charge in [0.25, 0.3) is 0 Å². The van der Waals surface area contributed by atoms with E-state index in [9.17, 15) is 13.2 Å². The van der Waals surface area contributed by atoms with Gasteiger partial charge in [-0.15, -0.1) is 0 Å². The first-order valence-electron chi connectivity index (χ1n) is 4.98. The topological polar surface area (TPSA) is 63.9 Å². The van der Waals surface area contributed by atoms with Gasteiger partial charge in [-0.1, -0.05) is 0 Å². The van der Waals surface area contributed by atoms with E-state index in [0.717, 1.165) is 6.07 Å². The molecular weight excluding hydrogens is 247 g/mol. The van der Waals surface area contributed by atoms with Crippen LogP contribution in [-0.2, 0) is 6.18 Å². The number of anilines is 1. The summed E-state index contributed by atoms with van der Waals surface area (Å²) in [5.41, 5.74) is 5.30. The van der Waals surface area contributed by atoms with Crippen LogP contribution in [-0.4, -0.2) is 17.1 Å². The van der Waals surface area contributed by atoms with Gasteiger partial charge in [0.2, 0.25) is 0 Å². The molecule has 1 aromatic heterocycles. The Morgan fingerprint density at radius 1 is 1.33 bits per heavy atom. The molecule has 3 N–H and O–H groups in total. The zero-order valence-electron chi connectivity index (χ0n) is 9.38. The molecule has 0 spiro atoms. The SMILES string of the molecule is COc1ccc(-c2cnc(N)[nH]2)cc1C(F)(F)F. The lowest BCUT2D eigenvalue weighted by Crippen LogP contribution is -2.07. The monoisotopic (exact) mass is 257 g/mol. The standard InChI is InChI=1S/C11H10F3N3O/c1-18-9-3-2-6(4-7(9)11(12,13)14)8-5-16-10(15)17-8/h2-5H,1H3,(H3,15,16,17). The average Bonchev–Trinajstić information content (AvgIpc) is 2.74. The van der Waals surface area contributed by atoms with Crippen molar-refractivity contribution in [3.63, 3.8) is 0 Å². The fraction of sp³-hybridized carbons (Fsp3) is 0.182. The normalized spacial score (nSPS) is 11.6. The van der Waals surface area contributed by atoms with Crippen LogP contribution in [0.3, 0.4) is 0 Å². The van der Waals surface area contributed by atoms with Crippen LogP contribution >= 0.6 is 0 Å².